The number of para-hydroxylation sites is 1. The highest BCUT2D eigenvalue weighted by atomic mass is 35.5. The first kappa shape index (κ1) is 28.9. The summed E-state index contributed by atoms with van der Waals surface area (Å²) in [5, 5.41) is 6.94. The number of benzene rings is 1. The summed E-state index contributed by atoms with van der Waals surface area (Å²) >= 11 is 8.89. The summed E-state index contributed by atoms with van der Waals surface area (Å²) in [6.45, 7) is 3.76. The number of nitrogens with one attached hydrogen (secondary N) is 2. The van der Waals surface area contributed by atoms with E-state index in [0.29, 0.717) is 22.6 Å². The van der Waals surface area contributed by atoms with Crippen LogP contribution in [0.25, 0.3) is 10.9 Å². The maximum Gasteiger partial charge on any atom is 0.262 e. The van der Waals surface area contributed by atoms with Crippen LogP contribution in [0.4, 0.5) is 11.8 Å². The highest BCUT2D eigenvalue weighted by Crippen LogP contribution is 2.43. The second-order valence-corrected chi connectivity index (χ2v) is 14.9. The van der Waals surface area contributed by atoms with Gasteiger partial charge >= 0.3 is 0 Å². The quantitative estimate of drug-likeness (QED) is 0.303. The van der Waals surface area contributed by atoms with Crippen LogP contribution in [0.5, 0.6) is 0 Å². The van der Waals surface area contributed by atoms with Crippen LogP contribution in [0.3, 0.4) is 0 Å². The van der Waals surface area contributed by atoms with Gasteiger partial charge in [0.1, 0.15) is 15.6 Å². The number of halogens is 1. The second-order valence-electron chi connectivity index (χ2n) is 10.0. The number of carbonyl (C=O) groups excluding carboxylic acids is 1. The van der Waals surface area contributed by atoms with Crippen molar-refractivity contribution in [2.75, 3.05) is 37.1 Å². The largest absolute Gasteiger partial charge is 0.362 e. The molecule has 38 heavy (non-hydrogen) atoms. The van der Waals surface area contributed by atoms with Gasteiger partial charge in [0, 0.05) is 32.1 Å². The van der Waals surface area contributed by atoms with E-state index in [1.165, 1.54) is 11.8 Å². The summed E-state index contributed by atoms with van der Waals surface area (Å²) in [5.74, 6) is 1.54. The molecule has 2 N–H and O–H groups in total. The number of amides is 1. The van der Waals surface area contributed by atoms with Gasteiger partial charge in [-0.25, -0.2) is 13.4 Å². The predicted octanol–water partition coefficient (Wildman–Crippen LogP) is 5.72. The molecular formula is C26H34ClN5O3S3. The summed E-state index contributed by atoms with van der Waals surface area (Å²) in [6.07, 6.45) is 5.59. The number of fused-ring (bicyclic) bond motifs is 1. The van der Waals surface area contributed by atoms with Gasteiger partial charge in [0.25, 0.3) is 5.91 Å². The molecule has 1 aromatic carbocycles. The van der Waals surface area contributed by atoms with Crippen LogP contribution >= 0.6 is 34.7 Å². The van der Waals surface area contributed by atoms with E-state index in [2.05, 4.69) is 10.6 Å². The Morgan fingerprint density at radius 3 is 2.50 bits per heavy atom. The minimum Gasteiger partial charge on any atom is -0.362 e. The molecule has 1 fully saturated rings. The lowest BCUT2D eigenvalue weighted by Gasteiger charge is -2.29. The summed E-state index contributed by atoms with van der Waals surface area (Å²) < 4.78 is 26.2. The third-order valence-electron chi connectivity index (χ3n) is 6.81. The third-order valence-corrected chi connectivity index (χ3v) is 12.2. The normalized spacial score (nSPS) is 18.1. The topological polar surface area (TPSA) is 104 Å². The van der Waals surface area contributed by atoms with Crippen molar-refractivity contribution in [2.24, 2.45) is 5.92 Å². The molecule has 0 atom stereocenters. The van der Waals surface area contributed by atoms with Crippen LogP contribution in [0.2, 0.25) is 5.02 Å². The Hall–Kier alpha value is -2.08. The van der Waals surface area contributed by atoms with Crippen molar-refractivity contribution in [1.29, 1.82) is 0 Å². The zero-order valence-corrected chi connectivity index (χ0v) is 25.5. The third kappa shape index (κ3) is 6.05. The average Bonchev–Trinajstić information content (AvgIpc) is 3.24. The molecule has 4 rings (SSSR count). The molecule has 2 aromatic heterocycles. The van der Waals surface area contributed by atoms with Gasteiger partial charge in [0.2, 0.25) is 5.95 Å². The molecule has 3 aromatic rings. The molecule has 1 aliphatic rings. The van der Waals surface area contributed by atoms with Gasteiger partial charge in [-0.1, -0.05) is 23.7 Å². The Balaban J connectivity index is 1.35. The Kier molecular flexibility index (Phi) is 9.11. The molecule has 8 nitrogen and oxygen atoms in total. The van der Waals surface area contributed by atoms with Crippen molar-refractivity contribution in [3.63, 3.8) is 0 Å². The van der Waals surface area contributed by atoms with E-state index in [1.807, 2.05) is 43.3 Å². The predicted molar refractivity (Wildman–Crippen MR) is 159 cm³/mol. The molecule has 0 aliphatic heterocycles. The lowest BCUT2D eigenvalue weighted by molar-refractivity contribution is 0.0947. The summed E-state index contributed by atoms with van der Waals surface area (Å²) in [4.78, 5) is 24.8. The maximum atomic E-state index is 13.0. The van der Waals surface area contributed by atoms with Gasteiger partial charge in [-0.3, -0.25) is 4.79 Å². The fourth-order valence-corrected chi connectivity index (χ4v) is 9.14. The van der Waals surface area contributed by atoms with Gasteiger partial charge in [0.15, 0.2) is 9.84 Å². The van der Waals surface area contributed by atoms with E-state index in [4.69, 9.17) is 21.6 Å². The number of carbonyl (C=O) groups is 1. The highest BCUT2D eigenvalue weighted by molar-refractivity contribution is 8.01. The van der Waals surface area contributed by atoms with E-state index in [1.54, 1.807) is 20.1 Å². The molecule has 0 radical (unpaired) electrons. The monoisotopic (exact) mass is 595 g/mol. The molecule has 2 heterocycles. The van der Waals surface area contributed by atoms with Gasteiger partial charge < -0.3 is 15.5 Å². The smallest absolute Gasteiger partial charge is 0.262 e. The van der Waals surface area contributed by atoms with Gasteiger partial charge in [-0.15, -0.1) is 23.1 Å². The number of sulfone groups is 1. The van der Waals surface area contributed by atoms with Crippen molar-refractivity contribution in [3.8, 4) is 0 Å². The number of rotatable bonds is 9. The lowest BCUT2D eigenvalue weighted by atomic mass is 9.86. The van der Waals surface area contributed by atoms with Gasteiger partial charge in [-0.05, 0) is 63.8 Å². The van der Waals surface area contributed by atoms with Crippen molar-refractivity contribution in [2.45, 2.75) is 59.9 Å². The number of anilines is 2. The highest BCUT2D eigenvalue weighted by Gasteiger charge is 2.32. The van der Waals surface area contributed by atoms with E-state index in [9.17, 15) is 13.2 Å². The van der Waals surface area contributed by atoms with E-state index < -0.39 is 15.1 Å². The maximum absolute atomic E-state index is 13.0. The zero-order chi connectivity index (χ0) is 27.6. The number of hydrogen-bond donors (Lipinski definition) is 2. The van der Waals surface area contributed by atoms with Crippen LogP contribution in [0.15, 0.2) is 33.4 Å². The Labute approximate surface area is 237 Å². The van der Waals surface area contributed by atoms with Gasteiger partial charge in [-0.2, -0.15) is 4.98 Å². The Bertz CT molecular complexity index is 1420. The fraction of sp³-hybridized carbons (Fsp3) is 0.500. The van der Waals surface area contributed by atoms with E-state index in [0.717, 1.165) is 53.7 Å². The first-order valence-electron chi connectivity index (χ1n) is 12.6. The van der Waals surface area contributed by atoms with E-state index in [-0.39, 0.29) is 26.7 Å². The minimum absolute atomic E-state index is 0.0333. The molecule has 0 bridgehead atoms. The van der Waals surface area contributed by atoms with Gasteiger partial charge in [0.05, 0.1) is 20.0 Å². The van der Waals surface area contributed by atoms with Crippen molar-refractivity contribution in [1.82, 2.24) is 15.3 Å². The number of thioether (sulfide) groups is 1. The number of thiophene rings is 1. The fourth-order valence-electron chi connectivity index (χ4n) is 4.61. The molecule has 1 saturated carbocycles. The number of aromatic nitrogens is 2. The van der Waals surface area contributed by atoms with Crippen LogP contribution in [-0.2, 0) is 9.84 Å². The SMILES string of the molecule is CSc1sc(C(=O)NCC2CCC(Nc3nc(N(C)C)c4ccccc4n3)CC2)c(Cl)c1S(=O)(=O)C(C)C. The lowest BCUT2D eigenvalue weighted by Crippen LogP contribution is -2.34. The molecule has 0 unspecified atom stereocenters. The van der Waals surface area contributed by atoms with Crippen molar-refractivity contribution < 1.29 is 13.2 Å². The van der Waals surface area contributed by atoms with Crippen LogP contribution in [0, 0.1) is 5.92 Å². The van der Waals surface area contributed by atoms with Crippen LogP contribution in [0.1, 0.15) is 49.2 Å². The van der Waals surface area contributed by atoms with Crippen molar-refractivity contribution >= 4 is 73.1 Å². The molecule has 12 heteroatoms. The first-order chi connectivity index (χ1) is 18.0. The number of hydrogen-bond acceptors (Lipinski definition) is 9. The van der Waals surface area contributed by atoms with Crippen LogP contribution < -0.4 is 15.5 Å². The Morgan fingerprint density at radius 2 is 1.87 bits per heavy atom. The average molecular weight is 596 g/mol. The summed E-state index contributed by atoms with van der Waals surface area (Å²) in [7, 11) is 0.367. The minimum atomic E-state index is -3.59. The Morgan fingerprint density at radius 1 is 1.18 bits per heavy atom. The standard InChI is InChI=1S/C26H34ClN5O3S3/c1-15(2)38(34,35)22-20(27)21(37-25(22)36-5)24(33)28-14-16-10-12-17(13-11-16)29-26-30-19-9-7-6-8-18(19)23(31-26)32(3)4/h6-9,15-17H,10-14H2,1-5H3,(H,28,33)(H,29,30,31). The summed E-state index contributed by atoms with van der Waals surface area (Å²) in [6, 6.07) is 8.26. The molecule has 0 spiro atoms. The molecule has 1 amide bonds. The zero-order valence-electron chi connectivity index (χ0n) is 22.2. The summed E-state index contributed by atoms with van der Waals surface area (Å²) in [5.41, 5.74) is 0.909. The molecule has 1 aliphatic carbocycles. The van der Waals surface area contributed by atoms with E-state index >= 15 is 0 Å². The molecule has 0 saturated heterocycles. The van der Waals surface area contributed by atoms with Crippen LogP contribution in [-0.4, -0.2) is 62.5 Å². The second kappa shape index (κ2) is 12.0. The first-order valence-corrected chi connectivity index (χ1v) is 16.6. The number of nitrogens with zero attached hydrogens (tertiary/aromatic N) is 3. The molecular weight excluding hydrogens is 562 g/mol. The van der Waals surface area contributed by atoms with Crippen molar-refractivity contribution in [3.05, 3.63) is 34.2 Å². The molecule has 206 valence electrons.